The summed E-state index contributed by atoms with van der Waals surface area (Å²) in [5.41, 5.74) is 5.48. The molecule has 0 aromatic rings. The molecule has 0 amide bonds. The number of piperidine rings is 1. The van der Waals surface area contributed by atoms with Crippen molar-refractivity contribution < 1.29 is 13.2 Å². The Balaban J connectivity index is 2.12. The minimum absolute atomic E-state index is 0.156. The summed E-state index contributed by atoms with van der Waals surface area (Å²) < 4.78 is 39.4. The summed E-state index contributed by atoms with van der Waals surface area (Å²) in [6.45, 7) is 2.32. The van der Waals surface area contributed by atoms with E-state index in [9.17, 15) is 13.2 Å². The van der Waals surface area contributed by atoms with E-state index in [1.54, 1.807) is 0 Å². The van der Waals surface area contributed by atoms with Gasteiger partial charge in [-0.1, -0.05) is 6.42 Å². The first kappa shape index (κ1) is 17.0. The van der Waals surface area contributed by atoms with Crippen LogP contribution in [0.5, 0.6) is 0 Å². The van der Waals surface area contributed by atoms with Crippen LogP contribution >= 0.6 is 0 Å². The van der Waals surface area contributed by atoms with Crippen LogP contribution in [0.2, 0.25) is 0 Å². The largest absolute Gasteiger partial charge is 0.391 e. The Kier molecular flexibility index (Phi) is 5.21. The number of likely N-dealkylation sites (tertiary alicyclic amines) is 1. The van der Waals surface area contributed by atoms with Crippen molar-refractivity contribution in [1.29, 1.82) is 0 Å². The van der Waals surface area contributed by atoms with Crippen molar-refractivity contribution in [3.8, 4) is 0 Å². The smallest absolute Gasteiger partial charge is 0.329 e. The van der Waals surface area contributed by atoms with Gasteiger partial charge in [0, 0.05) is 24.7 Å². The van der Waals surface area contributed by atoms with Gasteiger partial charge in [-0.25, -0.2) is 0 Å². The zero-order chi connectivity index (χ0) is 15.7. The van der Waals surface area contributed by atoms with E-state index in [4.69, 9.17) is 5.73 Å². The van der Waals surface area contributed by atoms with Crippen molar-refractivity contribution in [3.63, 3.8) is 0 Å². The number of alkyl halides is 3. The first-order chi connectivity index (χ1) is 9.78. The SMILES string of the molecule is CN1CCCC(N(C)C2(CN)CCCC(C(F)(F)F)C2)C1. The van der Waals surface area contributed by atoms with Crippen LogP contribution in [-0.2, 0) is 0 Å². The number of likely N-dealkylation sites (N-methyl/N-ethyl adjacent to an activating group) is 2. The summed E-state index contributed by atoms with van der Waals surface area (Å²) >= 11 is 0. The molecule has 0 bridgehead atoms. The Morgan fingerprint density at radius 2 is 2.00 bits per heavy atom. The molecule has 2 aliphatic rings. The van der Waals surface area contributed by atoms with Gasteiger partial charge in [0.1, 0.15) is 0 Å². The summed E-state index contributed by atoms with van der Waals surface area (Å²) in [6, 6.07) is 0.319. The standard InChI is InChI=1S/C15H28F3N3/c1-20-8-4-6-13(10-20)21(2)14(11-19)7-3-5-12(9-14)15(16,17)18/h12-13H,3-11,19H2,1-2H3. The molecule has 1 saturated heterocycles. The average Bonchev–Trinajstić information content (AvgIpc) is 2.45. The van der Waals surface area contributed by atoms with Crippen LogP contribution in [0.4, 0.5) is 13.2 Å². The molecule has 3 atom stereocenters. The highest BCUT2D eigenvalue weighted by Crippen LogP contribution is 2.44. The molecule has 3 unspecified atom stereocenters. The van der Waals surface area contributed by atoms with Gasteiger partial charge in [0.05, 0.1) is 5.92 Å². The first-order valence-corrected chi connectivity index (χ1v) is 7.97. The molecule has 1 aliphatic heterocycles. The van der Waals surface area contributed by atoms with Crippen molar-refractivity contribution in [1.82, 2.24) is 9.80 Å². The van der Waals surface area contributed by atoms with E-state index < -0.39 is 17.6 Å². The van der Waals surface area contributed by atoms with Gasteiger partial charge in [-0.2, -0.15) is 13.2 Å². The van der Waals surface area contributed by atoms with Gasteiger partial charge in [-0.3, -0.25) is 4.90 Å². The first-order valence-electron chi connectivity index (χ1n) is 7.97. The number of nitrogens with two attached hydrogens (primary N) is 1. The second-order valence-electron chi connectivity index (χ2n) is 6.93. The third-order valence-corrected chi connectivity index (χ3v) is 5.56. The third kappa shape index (κ3) is 3.71. The van der Waals surface area contributed by atoms with Gasteiger partial charge in [-0.15, -0.1) is 0 Å². The topological polar surface area (TPSA) is 32.5 Å². The highest BCUT2D eigenvalue weighted by atomic mass is 19.4. The Bertz CT molecular complexity index is 348. The lowest BCUT2D eigenvalue weighted by Crippen LogP contribution is -2.61. The predicted octanol–water partition coefficient (Wildman–Crippen LogP) is 2.46. The lowest BCUT2D eigenvalue weighted by molar-refractivity contribution is -0.194. The van der Waals surface area contributed by atoms with Crippen LogP contribution in [0, 0.1) is 5.92 Å². The maximum absolute atomic E-state index is 13.1. The molecule has 6 heteroatoms. The summed E-state index contributed by atoms with van der Waals surface area (Å²) in [4.78, 5) is 4.44. The van der Waals surface area contributed by atoms with Crippen molar-refractivity contribution in [2.45, 2.75) is 56.3 Å². The molecule has 1 saturated carbocycles. The third-order valence-electron chi connectivity index (χ3n) is 5.56. The van der Waals surface area contributed by atoms with E-state index in [1.807, 2.05) is 7.05 Å². The number of rotatable bonds is 3. The van der Waals surface area contributed by atoms with Crippen molar-refractivity contribution >= 4 is 0 Å². The Labute approximate surface area is 125 Å². The van der Waals surface area contributed by atoms with Gasteiger partial charge < -0.3 is 10.6 Å². The number of hydrogen-bond donors (Lipinski definition) is 1. The van der Waals surface area contributed by atoms with E-state index in [2.05, 4.69) is 16.8 Å². The van der Waals surface area contributed by atoms with E-state index in [-0.39, 0.29) is 12.8 Å². The highest BCUT2D eigenvalue weighted by Gasteiger charge is 2.49. The number of nitrogens with zero attached hydrogens (tertiary/aromatic N) is 2. The molecule has 2 rings (SSSR count). The van der Waals surface area contributed by atoms with Crippen LogP contribution in [0.1, 0.15) is 38.5 Å². The maximum atomic E-state index is 13.1. The molecular weight excluding hydrogens is 279 g/mol. The predicted molar refractivity (Wildman–Crippen MR) is 78.1 cm³/mol. The van der Waals surface area contributed by atoms with E-state index in [1.165, 1.54) is 0 Å². The molecule has 21 heavy (non-hydrogen) atoms. The zero-order valence-corrected chi connectivity index (χ0v) is 13.1. The molecule has 2 N–H and O–H groups in total. The Morgan fingerprint density at radius 1 is 1.29 bits per heavy atom. The summed E-state index contributed by atoms with van der Waals surface area (Å²) in [5, 5.41) is 0. The van der Waals surface area contributed by atoms with Crippen LogP contribution < -0.4 is 5.73 Å². The fourth-order valence-corrected chi connectivity index (χ4v) is 4.11. The van der Waals surface area contributed by atoms with Crippen molar-refractivity contribution in [3.05, 3.63) is 0 Å². The second-order valence-corrected chi connectivity index (χ2v) is 6.93. The van der Waals surface area contributed by atoms with Gasteiger partial charge >= 0.3 is 6.18 Å². The maximum Gasteiger partial charge on any atom is 0.391 e. The van der Waals surface area contributed by atoms with Gasteiger partial charge in [0.2, 0.25) is 0 Å². The highest BCUT2D eigenvalue weighted by molar-refractivity contribution is 5.00. The monoisotopic (exact) mass is 307 g/mol. The molecule has 1 heterocycles. The van der Waals surface area contributed by atoms with Gasteiger partial charge in [0.15, 0.2) is 0 Å². The second kappa shape index (κ2) is 6.42. The van der Waals surface area contributed by atoms with Gasteiger partial charge in [0.25, 0.3) is 0 Å². The number of hydrogen-bond acceptors (Lipinski definition) is 3. The lowest BCUT2D eigenvalue weighted by Gasteiger charge is -2.51. The van der Waals surface area contributed by atoms with Gasteiger partial charge in [-0.05, 0) is 52.7 Å². The molecule has 0 spiro atoms. The normalized spacial score (nSPS) is 36.1. The summed E-state index contributed by atoms with van der Waals surface area (Å²) in [6.07, 6.45) is -0.117. The molecule has 0 radical (unpaired) electrons. The Hall–Kier alpha value is -0.330. The molecule has 1 aliphatic carbocycles. The molecule has 0 aromatic heterocycles. The average molecular weight is 307 g/mol. The van der Waals surface area contributed by atoms with Crippen LogP contribution in [0.3, 0.4) is 0 Å². The fourth-order valence-electron chi connectivity index (χ4n) is 4.11. The molecule has 3 nitrogen and oxygen atoms in total. The summed E-state index contributed by atoms with van der Waals surface area (Å²) in [7, 11) is 4.06. The van der Waals surface area contributed by atoms with Crippen LogP contribution in [-0.4, -0.2) is 61.3 Å². The van der Waals surface area contributed by atoms with E-state index in [0.717, 1.165) is 32.4 Å². The Morgan fingerprint density at radius 3 is 2.57 bits per heavy atom. The van der Waals surface area contributed by atoms with Crippen LogP contribution in [0.25, 0.3) is 0 Å². The molecule has 0 aromatic carbocycles. The molecule has 124 valence electrons. The fraction of sp³-hybridized carbons (Fsp3) is 1.00. The summed E-state index contributed by atoms with van der Waals surface area (Å²) in [5.74, 6) is -1.20. The van der Waals surface area contributed by atoms with Crippen molar-refractivity contribution in [2.24, 2.45) is 11.7 Å². The van der Waals surface area contributed by atoms with E-state index >= 15 is 0 Å². The van der Waals surface area contributed by atoms with Crippen molar-refractivity contribution in [2.75, 3.05) is 33.7 Å². The van der Waals surface area contributed by atoms with E-state index in [0.29, 0.717) is 19.0 Å². The zero-order valence-electron chi connectivity index (χ0n) is 13.1. The molecular formula is C15H28F3N3. The minimum Gasteiger partial charge on any atom is -0.329 e. The van der Waals surface area contributed by atoms with Crippen LogP contribution in [0.15, 0.2) is 0 Å². The number of halogens is 3. The molecule has 2 fully saturated rings. The lowest BCUT2D eigenvalue weighted by atomic mass is 9.73. The minimum atomic E-state index is -4.09. The quantitative estimate of drug-likeness (QED) is 0.869.